The topological polar surface area (TPSA) is 69.7 Å². The molecule has 1 aliphatic rings. The van der Waals surface area contributed by atoms with E-state index in [1.807, 2.05) is 5.38 Å². The Hall–Kier alpha value is -2.38. The van der Waals surface area contributed by atoms with Gasteiger partial charge in [0.25, 0.3) is 0 Å². The summed E-state index contributed by atoms with van der Waals surface area (Å²) in [6.45, 7) is 1.23. The van der Waals surface area contributed by atoms with Crippen LogP contribution in [-0.4, -0.2) is 47.7 Å². The third kappa shape index (κ3) is 5.33. The highest BCUT2D eigenvalue weighted by Crippen LogP contribution is 2.24. The molecule has 0 saturated carbocycles. The van der Waals surface area contributed by atoms with Gasteiger partial charge in [-0.2, -0.15) is 0 Å². The van der Waals surface area contributed by atoms with Gasteiger partial charge in [0.15, 0.2) is 0 Å². The van der Waals surface area contributed by atoms with Crippen LogP contribution in [0.1, 0.15) is 23.3 Å². The summed E-state index contributed by atoms with van der Waals surface area (Å²) in [6.07, 6.45) is 1.11. The zero-order valence-electron chi connectivity index (χ0n) is 15.6. The first-order valence-electron chi connectivity index (χ1n) is 9.05. The maximum atomic E-state index is 12.4. The van der Waals surface area contributed by atoms with Crippen molar-refractivity contribution in [2.45, 2.75) is 25.8 Å². The number of hydrogen-bond acceptors (Lipinski definition) is 4. The van der Waals surface area contributed by atoms with E-state index >= 15 is 0 Å². The molecule has 0 unspecified atom stereocenters. The largest absolute Gasteiger partial charge is 0.338 e. The summed E-state index contributed by atoms with van der Waals surface area (Å²) in [5, 5.41) is 5.27. The Morgan fingerprint density at radius 1 is 1.25 bits per heavy atom. The smallest absolute Gasteiger partial charge is 0.243 e. The standard InChI is InChI=1S/C20H22ClN3O3S/c1-23(13-18(25)22-16-4-2-3-15(21)11-16)19(26)5-6-20(27)24-9-7-17-14(12-24)8-10-28-17/h2-4,8,10-11H,5-7,9,12-13H2,1H3,(H,22,25). The molecule has 0 fully saturated rings. The molecule has 3 amide bonds. The number of nitrogens with one attached hydrogen (secondary N) is 1. The Morgan fingerprint density at radius 3 is 2.86 bits per heavy atom. The van der Waals surface area contributed by atoms with Crippen LogP contribution in [0, 0.1) is 0 Å². The van der Waals surface area contributed by atoms with Crippen molar-refractivity contribution in [2.24, 2.45) is 0 Å². The second-order valence-corrected chi connectivity index (χ2v) is 8.18. The van der Waals surface area contributed by atoms with Gasteiger partial charge in [-0.05, 0) is 41.6 Å². The molecule has 1 aromatic heterocycles. The number of carbonyl (C=O) groups is 3. The van der Waals surface area contributed by atoms with Crippen LogP contribution in [0.4, 0.5) is 5.69 Å². The van der Waals surface area contributed by atoms with E-state index in [-0.39, 0.29) is 37.1 Å². The van der Waals surface area contributed by atoms with Gasteiger partial charge in [0, 0.05) is 48.6 Å². The normalized spacial score (nSPS) is 13.0. The average molecular weight is 420 g/mol. The number of carbonyl (C=O) groups excluding carboxylic acids is 3. The lowest BCUT2D eigenvalue weighted by molar-refractivity contribution is -0.137. The molecular weight excluding hydrogens is 398 g/mol. The molecule has 1 aromatic carbocycles. The van der Waals surface area contributed by atoms with Crippen LogP contribution in [0.25, 0.3) is 0 Å². The second-order valence-electron chi connectivity index (χ2n) is 6.74. The third-order valence-electron chi connectivity index (χ3n) is 4.63. The molecule has 1 N–H and O–H groups in total. The maximum Gasteiger partial charge on any atom is 0.243 e. The Morgan fingerprint density at radius 2 is 2.07 bits per heavy atom. The number of hydrogen-bond donors (Lipinski definition) is 1. The van der Waals surface area contributed by atoms with Gasteiger partial charge in [-0.1, -0.05) is 17.7 Å². The number of thiophene rings is 1. The van der Waals surface area contributed by atoms with Gasteiger partial charge >= 0.3 is 0 Å². The quantitative estimate of drug-likeness (QED) is 0.781. The predicted octanol–water partition coefficient (Wildman–Crippen LogP) is 3.16. The predicted molar refractivity (Wildman–Crippen MR) is 110 cm³/mol. The Kier molecular flexibility index (Phi) is 6.70. The Bertz CT molecular complexity index is 883. The lowest BCUT2D eigenvalue weighted by Crippen LogP contribution is -2.37. The van der Waals surface area contributed by atoms with Crippen molar-refractivity contribution in [3.05, 3.63) is 51.2 Å². The van der Waals surface area contributed by atoms with Crippen molar-refractivity contribution >= 4 is 46.3 Å². The van der Waals surface area contributed by atoms with Crippen LogP contribution >= 0.6 is 22.9 Å². The number of fused-ring (bicyclic) bond motifs is 1. The van der Waals surface area contributed by atoms with Gasteiger partial charge < -0.3 is 15.1 Å². The SMILES string of the molecule is CN(CC(=O)Nc1cccc(Cl)c1)C(=O)CCC(=O)N1CCc2sccc2C1. The van der Waals surface area contributed by atoms with Gasteiger partial charge in [-0.15, -0.1) is 11.3 Å². The first-order chi connectivity index (χ1) is 13.4. The molecular formula is C20H22ClN3O3S. The lowest BCUT2D eigenvalue weighted by Gasteiger charge is -2.27. The van der Waals surface area contributed by atoms with Gasteiger partial charge in [0.2, 0.25) is 17.7 Å². The van der Waals surface area contributed by atoms with Crippen LogP contribution in [0.3, 0.4) is 0 Å². The molecule has 0 bridgehead atoms. The van der Waals surface area contributed by atoms with Crippen LogP contribution < -0.4 is 5.32 Å². The van der Waals surface area contributed by atoms with E-state index in [9.17, 15) is 14.4 Å². The summed E-state index contributed by atoms with van der Waals surface area (Å²) in [5.41, 5.74) is 1.78. The van der Waals surface area contributed by atoms with E-state index in [0.717, 1.165) is 6.42 Å². The number of anilines is 1. The van der Waals surface area contributed by atoms with Gasteiger partial charge in [0.05, 0.1) is 6.54 Å². The molecule has 0 atom stereocenters. The maximum absolute atomic E-state index is 12.4. The van der Waals surface area contributed by atoms with E-state index in [1.54, 1.807) is 47.5 Å². The molecule has 3 rings (SSSR count). The fourth-order valence-electron chi connectivity index (χ4n) is 3.09. The van der Waals surface area contributed by atoms with E-state index in [4.69, 9.17) is 11.6 Å². The van der Waals surface area contributed by atoms with Gasteiger partial charge in [-0.3, -0.25) is 14.4 Å². The first-order valence-corrected chi connectivity index (χ1v) is 10.3. The van der Waals surface area contributed by atoms with E-state index in [0.29, 0.717) is 23.8 Å². The Labute approximate surface area is 173 Å². The monoisotopic (exact) mass is 419 g/mol. The molecule has 0 radical (unpaired) electrons. The summed E-state index contributed by atoms with van der Waals surface area (Å²) in [5.74, 6) is -0.574. The summed E-state index contributed by atoms with van der Waals surface area (Å²) in [6, 6.07) is 8.86. The van der Waals surface area contributed by atoms with E-state index in [2.05, 4.69) is 11.4 Å². The number of amides is 3. The van der Waals surface area contributed by atoms with Crippen molar-refractivity contribution in [3.8, 4) is 0 Å². The molecule has 0 spiro atoms. The average Bonchev–Trinajstić information content (AvgIpc) is 3.13. The first kappa shape index (κ1) is 20.4. The summed E-state index contributed by atoms with van der Waals surface area (Å²) >= 11 is 7.61. The molecule has 148 valence electrons. The highest BCUT2D eigenvalue weighted by molar-refractivity contribution is 7.10. The van der Waals surface area contributed by atoms with E-state index < -0.39 is 0 Å². The van der Waals surface area contributed by atoms with Crippen LogP contribution in [-0.2, 0) is 27.3 Å². The summed E-state index contributed by atoms with van der Waals surface area (Å²) < 4.78 is 0. The lowest BCUT2D eigenvalue weighted by atomic mass is 10.1. The second kappa shape index (κ2) is 9.21. The van der Waals surface area contributed by atoms with Crippen LogP contribution in [0.2, 0.25) is 5.02 Å². The summed E-state index contributed by atoms with van der Waals surface area (Å²) in [4.78, 5) is 41.3. The Balaban J connectivity index is 1.42. The molecule has 0 saturated heterocycles. The van der Waals surface area contributed by atoms with Gasteiger partial charge in [-0.25, -0.2) is 0 Å². The molecule has 6 nitrogen and oxygen atoms in total. The number of benzene rings is 1. The van der Waals surface area contributed by atoms with Crippen molar-refractivity contribution < 1.29 is 14.4 Å². The minimum absolute atomic E-state index is 0.0259. The fourth-order valence-corrected chi connectivity index (χ4v) is 4.17. The van der Waals surface area contributed by atoms with Crippen molar-refractivity contribution in [1.29, 1.82) is 0 Å². The minimum atomic E-state index is -0.314. The van der Waals surface area contributed by atoms with Crippen LogP contribution in [0.15, 0.2) is 35.7 Å². The highest BCUT2D eigenvalue weighted by Gasteiger charge is 2.22. The van der Waals surface area contributed by atoms with Crippen molar-refractivity contribution in [3.63, 3.8) is 0 Å². The number of halogens is 1. The molecule has 1 aliphatic heterocycles. The molecule has 8 heteroatoms. The fraction of sp³-hybridized carbons (Fsp3) is 0.350. The molecule has 0 aliphatic carbocycles. The van der Waals surface area contributed by atoms with Crippen LogP contribution in [0.5, 0.6) is 0 Å². The number of nitrogens with zero attached hydrogens (tertiary/aromatic N) is 2. The minimum Gasteiger partial charge on any atom is -0.338 e. The number of rotatable bonds is 6. The molecule has 2 heterocycles. The zero-order chi connectivity index (χ0) is 20.1. The molecule has 28 heavy (non-hydrogen) atoms. The third-order valence-corrected chi connectivity index (χ3v) is 5.89. The van der Waals surface area contributed by atoms with Gasteiger partial charge in [0.1, 0.15) is 0 Å². The van der Waals surface area contributed by atoms with Crippen molar-refractivity contribution in [2.75, 3.05) is 25.5 Å². The van der Waals surface area contributed by atoms with Crippen molar-refractivity contribution in [1.82, 2.24) is 9.80 Å². The number of likely N-dealkylation sites (N-methyl/N-ethyl adjacent to an activating group) is 1. The summed E-state index contributed by atoms with van der Waals surface area (Å²) in [7, 11) is 1.56. The zero-order valence-corrected chi connectivity index (χ0v) is 17.2. The molecule has 2 aromatic rings. The van der Waals surface area contributed by atoms with E-state index in [1.165, 1.54) is 15.3 Å². The highest BCUT2D eigenvalue weighted by atomic mass is 35.5.